The molecule has 2 amide bonds. The van der Waals surface area contributed by atoms with Gasteiger partial charge in [0.05, 0.1) is 53.4 Å². The number of carbonyl (C=O) groups is 3. The number of imidazole rings is 1. The van der Waals surface area contributed by atoms with Crippen molar-refractivity contribution >= 4 is 46.3 Å². The average Bonchev–Trinajstić information content (AvgIpc) is 3.48. The molecule has 0 atom stereocenters. The molecule has 3 heterocycles. The van der Waals surface area contributed by atoms with Gasteiger partial charge in [-0.1, -0.05) is 25.8 Å². The third-order valence-electron chi connectivity index (χ3n) is 8.71. The van der Waals surface area contributed by atoms with Crippen LogP contribution in [0.2, 0.25) is 0 Å². The summed E-state index contributed by atoms with van der Waals surface area (Å²) in [5, 5.41) is 14.0. The molecule has 2 aromatic carbocycles. The van der Waals surface area contributed by atoms with Gasteiger partial charge in [-0.15, -0.1) is 0 Å². The number of esters is 1. The van der Waals surface area contributed by atoms with E-state index in [1.54, 1.807) is 48.7 Å². The molecule has 0 saturated carbocycles. The van der Waals surface area contributed by atoms with Gasteiger partial charge in [0.1, 0.15) is 24.1 Å². The van der Waals surface area contributed by atoms with Crippen LogP contribution in [0.3, 0.4) is 0 Å². The van der Waals surface area contributed by atoms with Crippen LogP contribution < -0.4 is 15.5 Å². The van der Waals surface area contributed by atoms with E-state index in [-0.39, 0.29) is 31.3 Å². The number of hydrogen-bond donors (Lipinski definition) is 3. The van der Waals surface area contributed by atoms with Crippen molar-refractivity contribution in [1.82, 2.24) is 29.8 Å². The summed E-state index contributed by atoms with van der Waals surface area (Å²) < 4.78 is 12.6. The molecule has 0 aliphatic carbocycles. The fraction of sp³-hybridized carbons (Fsp3) is 0.333. The summed E-state index contributed by atoms with van der Waals surface area (Å²) in [7, 11) is 1.90. The number of hydrogen-bond acceptors (Lipinski definition) is 11. The molecule has 0 fully saturated rings. The SMILES string of the molecule is CCCCCOC(=O)NC(=N)c1ccc(NCc2nc3cc(C(=O)N(CCC(=O)OCc4nc(C)c(C)nc4C)c4ccccn4)ccc3n2C)cc1. The number of aromatic nitrogens is 5. The summed E-state index contributed by atoms with van der Waals surface area (Å²) in [5.74, 6) is 0.300. The topological polar surface area (TPSA) is 177 Å². The van der Waals surface area contributed by atoms with E-state index in [1.807, 2.05) is 50.6 Å². The molecule has 0 spiro atoms. The van der Waals surface area contributed by atoms with Crippen LogP contribution in [0.1, 0.15) is 77.1 Å². The number of benzene rings is 2. The maximum Gasteiger partial charge on any atom is 0.412 e. The van der Waals surface area contributed by atoms with Crippen molar-refractivity contribution in [3.05, 3.63) is 107 Å². The molecular formula is C39H45N9O5. The fourth-order valence-electron chi connectivity index (χ4n) is 5.52. The lowest BCUT2D eigenvalue weighted by molar-refractivity contribution is -0.144. The summed E-state index contributed by atoms with van der Waals surface area (Å²) in [4.78, 5) is 58.3. The van der Waals surface area contributed by atoms with Crippen molar-refractivity contribution in [2.45, 2.75) is 66.5 Å². The number of rotatable bonds is 15. The van der Waals surface area contributed by atoms with E-state index in [0.717, 1.165) is 47.7 Å². The monoisotopic (exact) mass is 719 g/mol. The molecular weight excluding hydrogens is 674 g/mol. The van der Waals surface area contributed by atoms with Crippen LogP contribution in [-0.2, 0) is 34.5 Å². The molecule has 5 rings (SSSR count). The quantitative estimate of drug-likeness (QED) is 0.0480. The minimum Gasteiger partial charge on any atom is -0.459 e. The van der Waals surface area contributed by atoms with Crippen LogP contribution >= 0.6 is 0 Å². The molecule has 0 aliphatic rings. The fourth-order valence-corrected chi connectivity index (χ4v) is 5.52. The lowest BCUT2D eigenvalue weighted by Crippen LogP contribution is -2.34. The first-order chi connectivity index (χ1) is 25.5. The summed E-state index contributed by atoms with van der Waals surface area (Å²) in [6.07, 6.45) is 3.70. The number of fused-ring (bicyclic) bond motifs is 1. The number of nitrogens with zero attached hydrogens (tertiary/aromatic N) is 6. The number of unbranched alkanes of at least 4 members (excludes halogenated alkanes) is 2. The Labute approximate surface area is 308 Å². The van der Waals surface area contributed by atoms with Crippen molar-refractivity contribution in [1.29, 1.82) is 5.41 Å². The number of nitrogens with one attached hydrogen (secondary N) is 3. The number of amides is 2. The average molecular weight is 720 g/mol. The smallest absolute Gasteiger partial charge is 0.412 e. The molecule has 0 radical (unpaired) electrons. The van der Waals surface area contributed by atoms with E-state index in [2.05, 4.69) is 32.5 Å². The lowest BCUT2D eigenvalue weighted by Gasteiger charge is -2.21. The zero-order valence-corrected chi connectivity index (χ0v) is 30.7. The van der Waals surface area contributed by atoms with Gasteiger partial charge in [0.15, 0.2) is 0 Å². The van der Waals surface area contributed by atoms with Gasteiger partial charge in [-0.3, -0.25) is 35.2 Å². The second-order valence-electron chi connectivity index (χ2n) is 12.5. The molecule has 0 aliphatic heterocycles. The van der Waals surface area contributed by atoms with E-state index >= 15 is 0 Å². The van der Waals surface area contributed by atoms with Crippen LogP contribution in [0.25, 0.3) is 11.0 Å². The van der Waals surface area contributed by atoms with Gasteiger partial charge in [-0.2, -0.15) is 0 Å². The Hall–Kier alpha value is -6.18. The standard InChI is InChI=1S/C39H45N9O5/c1-6-7-10-21-52-39(51)46-37(40)28-12-15-30(16-13-28)42-23-35-45-31-22-29(14-17-33(31)47(35)5)38(50)48(34-11-8-9-19-41-34)20-18-36(49)53-24-32-27(4)43-25(2)26(3)44-32/h8-9,11-17,19,22,42H,6-7,10,18,20-21,23-24H2,1-5H3,(H2,40,46,51). The highest BCUT2D eigenvalue weighted by molar-refractivity contribution is 6.07. The van der Waals surface area contributed by atoms with Crippen molar-refractivity contribution < 1.29 is 23.9 Å². The molecule has 3 aromatic heterocycles. The van der Waals surface area contributed by atoms with E-state index in [0.29, 0.717) is 47.0 Å². The highest BCUT2D eigenvalue weighted by Crippen LogP contribution is 2.22. The van der Waals surface area contributed by atoms with Crippen molar-refractivity contribution in [2.75, 3.05) is 23.4 Å². The third-order valence-corrected chi connectivity index (χ3v) is 8.71. The Morgan fingerprint density at radius 1 is 0.887 bits per heavy atom. The summed E-state index contributed by atoms with van der Waals surface area (Å²) in [6.45, 7) is 8.40. The molecule has 3 N–H and O–H groups in total. The zero-order valence-electron chi connectivity index (χ0n) is 30.7. The Balaban J connectivity index is 1.21. The summed E-state index contributed by atoms with van der Waals surface area (Å²) >= 11 is 0. The highest BCUT2D eigenvalue weighted by atomic mass is 16.5. The highest BCUT2D eigenvalue weighted by Gasteiger charge is 2.22. The van der Waals surface area contributed by atoms with Crippen LogP contribution in [0.5, 0.6) is 0 Å². The second-order valence-corrected chi connectivity index (χ2v) is 12.5. The van der Waals surface area contributed by atoms with E-state index in [1.165, 1.54) is 4.90 Å². The number of aryl methyl sites for hydroxylation is 4. The molecule has 14 heteroatoms. The molecule has 276 valence electrons. The number of anilines is 2. The van der Waals surface area contributed by atoms with Crippen LogP contribution in [-0.4, -0.2) is 61.5 Å². The van der Waals surface area contributed by atoms with E-state index < -0.39 is 12.1 Å². The number of ether oxygens (including phenoxy) is 2. The lowest BCUT2D eigenvalue weighted by atomic mass is 10.1. The number of pyridine rings is 1. The molecule has 14 nitrogen and oxygen atoms in total. The maximum absolute atomic E-state index is 13.9. The molecule has 0 bridgehead atoms. The normalized spacial score (nSPS) is 10.9. The van der Waals surface area contributed by atoms with Gasteiger partial charge in [0, 0.05) is 36.6 Å². The minimum absolute atomic E-state index is 0.00529. The molecule has 0 saturated heterocycles. The summed E-state index contributed by atoms with van der Waals surface area (Å²) in [6, 6.07) is 17.7. The van der Waals surface area contributed by atoms with Gasteiger partial charge in [-0.05, 0) is 81.8 Å². The number of carbonyl (C=O) groups excluding carboxylic acids is 3. The predicted octanol–water partition coefficient (Wildman–Crippen LogP) is 6.32. The van der Waals surface area contributed by atoms with Crippen molar-refractivity contribution in [2.24, 2.45) is 7.05 Å². The number of amidine groups is 1. The first kappa shape index (κ1) is 38.1. The Kier molecular flexibility index (Phi) is 12.8. The van der Waals surface area contributed by atoms with Crippen LogP contribution in [0, 0.1) is 26.2 Å². The van der Waals surface area contributed by atoms with Crippen molar-refractivity contribution in [3.63, 3.8) is 0 Å². The number of alkyl carbamates (subject to hydrolysis) is 1. The first-order valence-corrected chi connectivity index (χ1v) is 17.5. The molecule has 5 aromatic rings. The third kappa shape index (κ3) is 10.00. The van der Waals surface area contributed by atoms with Gasteiger partial charge in [0.2, 0.25) is 0 Å². The Bertz CT molecular complexity index is 2080. The summed E-state index contributed by atoms with van der Waals surface area (Å²) in [5.41, 5.74) is 6.11. The first-order valence-electron chi connectivity index (χ1n) is 17.5. The maximum atomic E-state index is 13.9. The molecule has 53 heavy (non-hydrogen) atoms. The van der Waals surface area contributed by atoms with E-state index in [9.17, 15) is 14.4 Å². The Morgan fingerprint density at radius 3 is 2.38 bits per heavy atom. The van der Waals surface area contributed by atoms with Crippen LogP contribution in [0.15, 0.2) is 66.9 Å². The minimum atomic E-state index is -0.639. The van der Waals surface area contributed by atoms with Gasteiger partial charge >= 0.3 is 12.1 Å². The second kappa shape index (κ2) is 17.8. The van der Waals surface area contributed by atoms with Crippen molar-refractivity contribution in [3.8, 4) is 0 Å². The zero-order chi connectivity index (χ0) is 37.9. The molecule has 0 unspecified atom stereocenters. The predicted molar refractivity (Wildman–Crippen MR) is 202 cm³/mol. The van der Waals surface area contributed by atoms with Gasteiger partial charge in [0.25, 0.3) is 5.91 Å². The van der Waals surface area contributed by atoms with E-state index in [4.69, 9.17) is 19.9 Å². The van der Waals surface area contributed by atoms with Crippen LogP contribution in [0.4, 0.5) is 16.3 Å². The Morgan fingerprint density at radius 2 is 1.64 bits per heavy atom. The largest absolute Gasteiger partial charge is 0.459 e. The van der Waals surface area contributed by atoms with Gasteiger partial charge < -0.3 is 19.4 Å². The van der Waals surface area contributed by atoms with Gasteiger partial charge in [-0.25, -0.2) is 14.8 Å².